The molecule has 2 aliphatic rings. The molecule has 0 unspecified atom stereocenters. The lowest BCUT2D eigenvalue weighted by atomic mass is 10.0. The average molecular weight is 400 g/mol. The van der Waals surface area contributed by atoms with Crippen molar-refractivity contribution in [1.29, 1.82) is 0 Å². The van der Waals surface area contributed by atoms with Gasteiger partial charge in [-0.1, -0.05) is 6.42 Å². The van der Waals surface area contributed by atoms with Crippen LogP contribution >= 0.6 is 24.8 Å². The van der Waals surface area contributed by atoms with E-state index in [-0.39, 0.29) is 36.8 Å². The molecule has 1 N–H and O–H groups in total. The van der Waals surface area contributed by atoms with Crippen molar-refractivity contribution in [3.8, 4) is 0 Å². The number of hydrogen-bond donors (Lipinski definition) is 1. The summed E-state index contributed by atoms with van der Waals surface area (Å²) >= 11 is 0. The first kappa shape index (κ1) is 22.1. The Balaban J connectivity index is 0.00000156. The van der Waals surface area contributed by atoms with Crippen LogP contribution in [0.2, 0.25) is 0 Å². The van der Waals surface area contributed by atoms with Crippen molar-refractivity contribution in [2.45, 2.75) is 38.4 Å². The number of carbonyl (C=O) groups excluding carboxylic acids is 1. The van der Waals surface area contributed by atoms with Crippen LogP contribution in [-0.2, 0) is 11.3 Å². The van der Waals surface area contributed by atoms with E-state index in [9.17, 15) is 13.6 Å². The second kappa shape index (κ2) is 10.3. The zero-order valence-electron chi connectivity index (χ0n) is 13.9. The number of imidazole rings is 1. The maximum atomic E-state index is 12.8. The summed E-state index contributed by atoms with van der Waals surface area (Å²) in [4.78, 5) is 20.4. The molecule has 6 nitrogen and oxygen atoms in total. The summed E-state index contributed by atoms with van der Waals surface area (Å²) in [6.45, 7) is 1.41. The molecule has 0 saturated carbocycles. The molecule has 1 atom stereocenters. The highest BCUT2D eigenvalue weighted by atomic mass is 35.5. The predicted molar refractivity (Wildman–Crippen MR) is 95.5 cm³/mol. The fourth-order valence-corrected chi connectivity index (χ4v) is 3.25. The fourth-order valence-electron chi connectivity index (χ4n) is 3.25. The van der Waals surface area contributed by atoms with Gasteiger partial charge in [-0.2, -0.15) is 8.78 Å². The topological polar surface area (TPSA) is 53.4 Å². The number of piperidine rings is 1. The Kier molecular flexibility index (Phi) is 9.06. The van der Waals surface area contributed by atoms with Gasteiger partial charge < -0.3 is 10.2 Å². The van der Waals surface area contributed by atoms with Gasteiger partial charge in [-0.25, -0.2) is 4.98 Å². The van der Waals surface area contributed by atoms with Gasteiger partial charge in [0, 0.05) is 38.6 Å². The van der Waals surface area contributed by atoms with Crippen molar-refractivity contribution in [2.75, 3.05) is 32.7 Å². The van der Waals surface area contributed by atoms with E-state index in [2.05, 4.69) is 15.2 Å². The Morgan fingerprint density at radius 2 is 1.96 bits per heavy atom. The van der Waals surface area contributed by atoms with E-state index >= 15 is 0 Å². The largest absolute Gasteiger partial charge is 0.339 e. The zero-order chi connectivity index (χ0) is 16.2. The van der Waals surface area contributed by atoms with Crippen molar-refractivity contribution in [3.63, 3.8) is 0 Å². The predicted octanol–water partition coefficient (Wildman–Crippen LogP) is 1.91. The monoisotopic (exact) mass is 399 g/mol. The summed E-state index contributed by atoms with van der Waals surface area (Å²) in [6.07, 6.45) is 5.84. The number of nitrogens with zero attached hydrogens (tertiary/aromatic N) is 4. The quantitative estimate of drug-likeness (QED) is 0.839. The number of halogens is 4. The van der Waals surface area contributed by atoms with Gasteiger partial charge in [-0.15, -0.1) is 24.8 Å². The molecule has 10 heteroatoms. The first-order valence-electron chi connectivity index (χ1n) is 8.19. The van der Waals surface area contributed by atoms with Crippen LogP contribution in [0.4, 0.5) is 8.78 Å². The first-order valence-corrected chi connectivity index (χ1v) is 8.19. The summed E-state index contributed by atoms with van der Waals surface area (Å²) in [6, 6.07) is -0.0481. The van der Waals surface area contributed by atoms with Gasteiger partial charge in [0.2, 0.25) is 5.91 Å². The number of piperazine rings is 1. The highest BCUT2D eigenvalue weighted by molar-refractivity contribution is 5.85. The minimum Gasteiger partial charge on any atom is -0.339 e. The molecule has 3 heterocycles. The maximum absolute atomic E-state index is 12.8. The molecule has 1 aromatic heterocycles. The van der Waals surface area contributed by atoms with Crippen LogP contribution in [0.25, 0.3) is 0 Å². The molecule has 0 aromatic carbocycles. The minimum atomic E-state index is -2.56. The van der Waals surface area contributed by atoms with E-state index in [4.69, 9.17) is 0 Å². The van der Waals surface area contributed by atoms with E-state index in [0.29, 0.717) is 38.5 Å². The van der Waals surface area contributed by atoms with Gasteiger partial charge in [0.05, 0.1) is 12.6 Å². The third kappa shape index (κ3) is 5.51. The van der Waals surface area contributed by atoms with Crippen molar-refractivity contribution in [2.24, 2.45) is 0 Å². The molecule has 0 aliphatic carbocycles. The Bertz CT molecular complexity index is 532. The van der Waals surface area contributed by atoms with Crippen molar-refractivity contribution in [3.05, 3.63) is 18.2 Å². The molecule has 0 radical (unpaired) electrons. The van der Waals surface area contributed by atoms with Crippen LogP contribution in [0.5, 0.6) is 0 Å². The van der Waals surface area contributed by atoms with Crippen LogP contribution in [0, 0.1) is 0 Å². The van der Waals surface area contributed by atoms with Gasteiger partial charge in [-0.05, 0) is 19.4 Å². The van der Waals surface area contributed by atoms with Crippen molar-refractivity contribution >= 4 is 30.7 Å². The second-order valence-corrected chi connectivity index (χ2v) is 6.13. The van der Waals surface area contributed by atoms with E-state index in [0.717, 1.165) is 30.4 Å². The average Bonchev–Trinajstić information content (AvgIpc) is 3.04. The molecule has 3 rings (SSSR count). The van der Waals surface area contributed by atoms with E-state index in [1.54, 1.807) is 0 Å². The summed E-state index contributed by atoms with van der Waals surface area (Å²) in [5, 5.41) is 3.28. The molecule has 25 heavy (non-hydrogen) atoms. The van der Waals surface area contributed by atoms with E-state index < -0.39 is 6.55 Å². The highest BCUT2D eigenvalue weighted by Crippen LogP contribution is 2.16. The molecule has 1 amide bonds. The van der Waals surface area contributed by atoms with Gasteiger partial charge in [-0.3, -0.25) is 14.3 Å². The van der Waals surface area contributed by atoms with Crippen LogP contribution in [0.1, 0.15) is 31.6 Å². The lowest BCUT2D eigenvalue weighted by Gasteiger charge is -2.37. The number of alkyl halides is 2. The third-order valence-corrected chi connectivity index (χ3v) is 4.62. The zero-order valence-corrected chi connectivity index (χ0v) is 15.6. The molecule has 0 spiro atoms. The minimum absolute atomic E-state index is 0. The fraction of sp³-hybridized carbons (Fsp3) is 0.733. The molecule has 2 saturated heterocycles. The number of rotatable bonds is 4. The van der Waals surface area contributed by atoms with Crippen LogP contribution in [0.3, 0.4) is 0 Å². The standard InChI is InChI=1S/C15H23F2N5O.2ClH/c16-15(17)22-6-5-19-13(22)11-20-7-9-21(10-8-20)14(23)12-3-1-2-4-18-12;;/h5-6,12,15,18H,1-4,7-11H2;2*1H/t12-;;/m1../s1. The highest BCUT2D eigenvalue weighted by Gasteiger charge is 2.28. The molecular weight excluding hydrogens is 375 g/mol. The molecular formula is C15H25Cl2F2N5O. The van der Waals surface area contributed by atoms with Gasteiger partial charge in [0.15, 0.2) is 0 Å². The summed E-state index contributed by atoms with van der Waals surface area (Å²) in [7, 11) is 0. The summed E-state index contributed by atoms with van der Waals surface area (Å²) in [5.74, 6) is 0.548. The van der Waals surface area contributed by atoms with Crippen LogP contribution in [-0.4, -0.2) is 64.0 Å². The SMILES string of the molecule is Cl.Cl.O=C([C@H]1CCCCN1)N1CCN(Cc2nccn2C(F)F)CC1. The molecule has 2 aliphatic heterocycles. The lowest BCUT2D eigenvalue weighted by Crippen LogP contribution is -2.54. The Labute approximate surface area is 158 Å². The lowest BCUT2D eigenvalue weighted by molar-refractivity contribution is -0.135. The number of carbonyl (C=O) groups is 1. The normalized spacial score (nSPS) is 21.6. The molecule has 1 aromatic rings. The molecule has 144 valence electrons. The third-order valence-electron chi connectivity index (χ3n) is 4.62. The van der Waals surface area contributed by atoms with Gasteiger partial charge in [0.1, 0.15) is 5.82 Å². The Hall–Kier alpha value is -0.960. The van der Waals surface area contributed by atoms with E-state index in [1.165, 1.54) is 12.4 Å². The summed E-state index contributed by atoms with van der Waals surface area (Å²) in [5.41, 5.74) is 0. The van der Waals surface area contributed by atoms with E-state index in [1.807, 2.05) is 4.90 Å². The number of amides is 1. The molecule has 0 bridgehead atoms. The Morgan fingerprint density at radius 1 is 1.24 bits per heavy atom. The first-order chi connectivity index (χ1) is 11.1. The van der Waals surface area contributed by atoms with Gasteiger partial charge >= 0.3 is 6.55 Å². The van der Waals surface area contributed by atoms with Gasteiger partial charge in [0.25, 0.3) is 0 Å². The number of aromatic nitrogens is 2. The van der Waals surface area contributed by atoms with Crippen LogP contribution in [0.15, 0.2) is 12.4 Å². The maximum Gasteiger partial charge on any atom is 0.319 e. The van der Waals surface area contributed by atoms with Crippen molar-refractivity contribution in [1.82, 2.24) is 24.7 Å². The Morgan fingerprint density at radius 3 is 2.56 bits per heavy atom. The number of nitrogens with one attached hydrogen (secondary N) is 1. The smallest absolute Gasteiger partial charge is 0.319 e. The van der Waals surface area contributed by atoms with Crippen LogP contribution < -0.4 is 5.32 Å². The van der Waals surface area contributed by atoms with Crippen molar-refractivity contribution < 1.29 is 13.6 Å². The molecule has 2 fully saturated rings. The summed E-state index contributed by atoms with van der Waals surface area (Å²) < 4.78 is 26.6. The second-order valence-electron chi connectivity index (χ2n) is 6.13. The number of hydrogen-bond acceptors (Lipinski definition) is 4.